The number of aryl methyl sites for hydroxylation is 1. The molecule has 0 atom stereocenters. The maximum Gasteiger partial charge on any atom is 0.264 e. The SMILES string of the molecule is Cc1ccc(S(=O)(=O)N(CC(=O)N/N=C\c2ccc(OCC(=O)NC3CCCCC3)cc2)c2ccccc2Cl)cc1. The highest BCUT2D eigenvalue weighted by molar-refractivity contribution is 7.92. The number of hydrazone groups is 1. The third-order valence-electron chi connectivity index (χ3n) is 6.64. The van der Waals surface area contributed by atoms with Gasteiger partial charge >= 0.3 is 0 Å². The highest BCUT2D eigenvalue weighted by Crippen LogP contribution is 2.30. The lowest BCUT2D eigenvalue weighted by molar-refractivity contribution is -0.124. The Morgan fingerprint density at radius 3 is 2.34 bits per heavy atom. The smallest absolute Gasteiger partial charge is 0.264 e. The molecule has 0 aliphatic heterocycles. The van der Waals surface area contributed by atoms with Crippen molar-refractivity contribution in [3.63, 3.8) is 0 Å². The number of sulfonamides is 1. The number of benzene rings is 3. The molecular formula is C30H33ClN4O5S. The topological polar surface area (TPSA) is 117 Å². The van der Waals surface area contributed by atoms with Crippen LogP contribution in [-0.2, 0) is 19.6 Å². The second-order valence-corrected chi connectivity index (χ2v) is 12.1. The fourth-order valence-corrected chi connectivity index (χ4v) is 6.18. The number of ether oxygens (including phenoxy) is 1. The van der Waals surface area contributed by atoms with Crippen molar-refractivity contribution in [1.82, 2.24) is 10.7 Å². The summed E-state index contributed by atoms with van der Waals surface area (Å²) in [5, 5.41) is 7.16. The summed E-state index contributed by atoms with van der Waals surface area (Å²) >= 11 is 6.30. The summed E-state index contributed by atoms with van der Waals surface area (Å²) in [6, 6.07) is 19.8. The van der Waals surface area contributed by atoms with Crippen molar-refractivity contribution in [3.8, 4) is 5.75 Å². The Bertz CT molecular complexity index is 1470. The molecule has 0 radical (unpaired) electrons. The highest BCUT2D eigenvalue weighted by Gasteiger charge is 2.28. The van der Waals surface area contributed by atoms with Crippen LogP contribution >= 0.6 is 11.6 Å². The van der Waals surface area contributed by atoms with E-state index in [-0.39, 0.29) is 34.2 Å². The number of carbonyl (C=O) groups excluding carboxylic acids is 2. The Hall–Kier alpha value is -3.89. The van der Waals surface area contributed by atoms with Crippen LogP contribution in [0.25, 0.3) is 0 Å². The van der Waals surface area contributed by atoms with Crippen molar-refractivity contribution < 1.29 is 22.7 Å². The summed E-state index contributed by atoms with van der Waals surface area (Å²) < 4.78 is 33.5. The zero-order valence-electron chi connectivity index (χ0n) is 22.8. The lowest BCUT2D eigenvalue weighted by atomic mass is 9.95. The third-order valence-corrected chi connectivity index (χ3v) is 8.73. The van der Waals surface area contributed by atoms with Crippen molar-refractivity contribution >= 4 is 45.3 Å². The number of hydrogen-bond donors (Lipinski definition) is 2. The van der Waals surface area contributed by atoms with Crippen LogP contribution in [0.4, 0.5) is 5.69 Å². The number of para-hydroxylation sites is 1. The first-order valence-electron chi connectivity index (χ1n) is 13.4. The summed E-state index contributed by atoms with van der Waals surface area (Å²) in [4.78, 5) is 25.0. The molecule has 1 saturated carbocycles. The van der Waals surface area contributed by atoms with Gasteiger partial charge in [0.2, 0.25) is 0 Å². The van der Waals surface area contributed by atoms with Gasteiger partial charge < -0.3 is 10.1 Å². The Morgan fingerprint density at radius 2 is 1.66 bits per heavy atom. The van der Waals surface area contributed by atoms with Gasteiger partial charge in [-0.1, -0.05) is 60.7 Å². The maximum atomic E-state index is 13.5. The highest BCUT2D eigenvalue weighted by atomic mass is 35.5. The predicted molar refractivity (Wildman–Crippen MR) is 160 cm³/mol. The van der Waals surface area contributed by atoms with Gasteiger partial charge in [0.1, 0.15) is 12.3 Å². The zero-order chi connectivity index (χ0) is 29.2. The zero-order valence-corrected chi connectivity index (χ0v) is 24.3. The average Bonchev–Trinajstić information content (AvgIpc) is 2.97. The molecule has 1 aliphatic rings. The normalized spacial score (nSPS) is 14.0. The molecule has 1 aliphatic carbocycles. The summed E-state index contributed by atoms with van der Waals surface area (Å²) in [6.45, 7) is 1.26. The largest absolute Gasteiger partial charge is 0.484 e. The first kappa shape index (κ1) is 30.1. The number of hydrogen-bond acceptors (Lipinski definition) is 6. The minimum Gasteiger partial charge on any atom is -0.484 e. The number of rotatable bonds is 11. The number of nitrogens with zero attached hydrogens (tertiary/aromatic N) is 2. The van der Waals surface area contributed by atoms with E-state index in [9.17, 15) is 18.0 Å². The van der Waals surface area contributed by atoms with Crippen LogP contribution in [0.2, 0.25) is 5.02 Å². The lowest BCUT2D eigenvalue weighted by Gasteiger charge is -2.24. The van der Waals surface area contributed by atoms with E-state index in [1.165, 1.54) is 30.8 Å². The van der Waals surface area contributed by atoms with E-state index in [2.05, 4.69) is 15.8 Å². The summed E-state index contributed by atoms with van der Waals surface area (Å²) in [5.41, 5.74) is 4.12. The van der Waals surface area contributed by atoms with Crippen molar-refractivity contribution in [2.24, 2.45) is 5.10 Å². The molecule has 0 heterocycles. The first-order valence-corrected chi connectivity index (χ1v) is 15.2. The van der Waals surface area contributed by atoms with Gasteiger partial charge in [-0.25, -0.2) is 13.8 Å². The number of nitrogens with one attached hydrogen (secondary N) is 2. The molecule has 2 amide bonds. The van der Waals surface area contributed by atoms with Crippen molar-refractivity contribution in [2.45, 2.75) is 50.0 Å². The van der Waals surface area contributed by atoms with E-state index < -0.39 is 22.5 Å². The van der Waals surface area contributed by atoms with Gasteiger partial charge in [-0.2, -0.15) is 5.10 Å². The molecule has 0 bridgehead atoms. The molecule has 0 spiro atoms. The fraction of sp³-hybridized carbons (Fsp3) is 0.300. The summed E-state index contributed by atoms with van der Waals surface area (Å²) in [5.74, 6) is -0.261. The monoisotopic (exact) mass is 596 g/mol. The van der Waals surface area contributed by atoms with Crippen molar-refractivity contribution in [3.05, 3.63) is 88.9 Å². The Kier molecular flexibility index (Phi) is 10.4. The average molecular weight is 597 g/mol. The van der Waals surface area contributed by atoms with E-state index >= 15 is 0 Å². The second-order valence-electron chi connectivity index (χ2n) is 9.83. The molecule has 9 nitrogen and oxygen atoms in total. The molecule has 0 saturated heterocycles. The Balaban J connectivity index is 1.34. The van der Waals surface area contributed by atoms with Crippen LogP contribution in [0.1, 0.15) is 43.2 Å². The van der Waals surface area contributed by atoms with E-state index in [1.807, 2.05) is 6.92 Å². The van der Waals surface area contributed by atoms with Crippen molar-refractivity contribution in [1.29, 1.82) is 0 Å². The standard InChI is InChI=1S/C30H33ClN4O5S/c1-22-11-17-26(18-12-22)41(38,39)35(28-10-6-5-9-27(28)31)20-29(36)34-32-19-23-13-15-25(16-14-23)40-21-30(37)33-24-7-3-2-4-8-24/h5-6,9-19,24H,2-4,7-8,20-21H2,1H3,(H,33,37)(H,34,36)/b32-19-. The molecular weight excluding hydrogens is 564 g/mol. The number of amides is 2. The van der Waals surface area contributed by atoms with Crippen LogP contribution < -0.4 is 19.8 Å². The summed E-state index contributed by atoms with van der Waals surface area (Å²) in [7, 11) is -4.10. The molecule has 4 rings (SSSR count). The maximum absolute atomic E-state index is 13.5. The van der Waals surface area contributed by atoms with Crippen LogP contribution in [0.15, 0.2) is 82.8 Å². The molecule has 11 heteroatoms. The first-order chi connectivity index (χ1) is 19.7. The van der Waals surface area contributed by atoms with Gasteiger partial charge in [-0.05, 0) is 73.9 Å². The molecule has 1 fully saturated rings. The quantitative estimate of drug-likeness (QED) is 0.243. The molecule has 3 aromatic rings. The van der Waals surface area contributed by atoms with Crippen LogP contribution in [0.5, 0.6) is 5.75 Å². The Labute approximate surface area is 245 Å². The third kappa shape index (κ3) is 8.55. The minimum atomic E-state index is -4.10. The Morgan fingerprint density at radius 1 is 0.976 bits per heavy atom. The molecule has 216 valence electrons. The summed E-state index contributed by atoms with van der Waals surface area (Å²) in [6.07, 6.45) is 6.95. The van der Waals surface area contributed by atoms with E-state index in [4.69, 9.17) is 16.3 Å². The molecule has 0 unspecified atom stereocenters. The van der Waals surface area contributed by atoms with Gasteiger partial charge in [-0.3, -0.25) is 13.9 Å². The van der Waals surface area contributed by atoms with Gasteiger partial charge in [0.15, 0.2) is 6.61 Å². The molecule has 2 N–H and O–H groups in total. The molecule has 3 aromatic carbocycles. The number of halogens is 1. The minimum absolute atomic E-state index is 0.0353. The fourth-order valence-electron chi connectivity index (χ4n) is 4.45. The van der Waals surface area contributed by atoms with Crippen LogP contribution in [0, 0.1) is 6.92 Å². The van der Waals surface area contributed by atoms with Gasteiger partial charge in [-0.15, -0.1) is 0 Å². The number of carbonyl (C=O) groups is 2. The molecule has 0 aromatic heterocycles. The number of anilines is 1. The van der Waals surface area contributed by atoms with Gasteiger partial charge in [0.05, 0.1) is 21.8 Å². The van der Waals surface area contributed by atoms with E-state index in [1.54, 1.807) is 54.6 Å². The van der Waals surface area contributed by atoms with Crippen molar-refractivity contribution in [2.75, 3.05) is 17.5 Å². The van der Waals surface area contributed by atoms with Crippen LogP contribution in [0.3, 0.4) is 0 Å². The molecule has 41 heavy (non-hydrogen) atoms. The van der Waals surface area contributed by atoms with E-state index in [0.717, 1.165) is 35.6 Å². The lowest BCUT2D eigenvalue weighted by Crippen LogP contribution is -2.39. The second kappa shape index (κ2) is 14.1. The van der Waals surface area contributed by atoms with Gasteiger partial charge in [0, 0.05) is 6.04 Å². The van der Waals surface area contributed by atoms with Gasteiger partial charge in [0.25, 0.3) is 21.8 Å². The van der Waals surface area contributed by atoms with Crippen LogP contribution in [-0.4, -0.2) is 45.6 Å². The van der Waals surface area contributed by atoms with E-state index in [0.29, 0.717) is 11.3 Å². The predicted octanol–water partition coefficient (Wildman–Crippen LogP) is 4.82.